The molecule has 0 aliphatic heterocycles. The lowest BCUT2D eigenvalue weighted by molar-refractivity contribution is -0.274. The molecule has 0 heterocycles. The number of hydrogen-bond acceptors (Lipinski definition) is 2. The third-order valence-corrected chi connectivity index (χ3v) is 2.31. The molecule has 0 unspecified atom stereocenters. The molecule has 7 heteroatoms. The molecule has 0 atom stereocenters. The van der Waals surface area contributed by atoms with Crippen LogP contribution in [0.2, 0.25) is 5.02 Å². The van der Waals surface area contributed by atoms with Crippen LogP contribution in [-0.2, 0) is 0 Å². The van der Waals surface area contributed by atoms with Gasteiger partial charge in [0.2, 0.25) is 0 Å². The van der Waals surface area contributed by atoms with Crippen molar-refractivity contribution in [2.45, 2.75) is 6.36 Å². The van der Waals surface area contributed by atoms with E-state index >= 15 is 0 Å². The number of alkyl halides is 3. The van der Waals surface area contributed by atoms with E-state index in [2.05, 4.69) is 20.7 Å². The smallest absolute Gasteiger partial charge is 0.403 e. The summed E-state index contributed by atoms with van der Waals surface area (Å²) in [4.78, 5) is 0. The lowest BCUT2D eigenvalue weighted by atomic mass is 10.3. The maximum Gasteiger partial charge on any atom is 0.573 e. The number of hydrogen-bond donors (Lipinski definition) is 1. The van der Waals surface area contributed by atoms with Crippen LogP contribution in [0.3, 0.4) is 0 Å². The van der Waals surface area contributed by atoms with Crippen molar-refractivity contribution in [2.75, 3.05) is 5.73 Å². The van der Waals surface area contributed by atoms with Crippen molar-refractivity contribution in [3.63, 3.8) is 0 Å². The summed E-state index contributed by atoms with van der Waals surface area (Å²) in [7, 11) is 0. The van der Waals surface area contributed by atoms with Crippen molar-refractivity contribution in [1.29, 1.82) is 0 Å². The minimum atomic E-state index is -4.79. The fourth-order valence-corrected chi connectivity index (χ4v) is 1.49. The molecule has 0 amide bonds. The molecule has 14 heavy (non-hydrogen) atoms. The Kier molecular flexibility index (Phi) is 3.16. The number of halogens is 5. The number of ether oxygens (including phenoxy) is 1. The van der Waals surface area contributed by atoms with Gasteiger partial charge in [0.05, 0.1) is 10.2 Å². The van der Waals surface area contributed by atoms with Gasteiger partial charge in [-0.1, -0.05) is 11.6 Å². The van der Waals surface area contributed by atoms with Gasteiger partial charge in [0.15, 0.2) is 5.75 Å². The number of benzene rings is 1. The Morgan fingerprint density at radius 3 is 2.43 bits per heavy atom. The lowest BCUT2D eigenvalue weighted by Crippen LogP contribution is -2.17. The van der Waals surface area contributed by atoms with Gasteiger partial charge in [0.25, 0.3) is 0 Å². The average Bonchev–Trinajstić information content (AvgIpc) is 2.04. The van der Waals surface area contributed by atoms with Crippen molar-refractivity contribution in [1.82, 2.24) is 0 Å². The third-order valence-electron chi connectivity index (χ3n) is 1.30. The summed E-state index contributed by atoms with van der Waals surface area (Å²) in [5.74, 6) is -0.529. The normalized spacial score (nSPS) is 11.5. The van der Waals surface area contributed by atoms with Crippen molar-refractivity contribution in [3.8, 4) is 5.75 Å². The molecule has 1 aromatic rings. The van der Waals surface area contributed by atoms with Gasteiger partial charge in [-0.25, -0.2) is 0 Å². The first kappa shape index (κ1) is 11.5. The van der Waals surface area contributed by atoms with Crippen LogP contribution in [0.4, 0.5) is 18.9 Å². The van der Waals surface area contributed by atoms with Crippen molar-refractivity contribution >= 4 is 33.2 Å². The molecule has 0 radical (unpaired) electrons. The largest absolute Gasteiger partial charge is 0.573 e. The molecule has 1 aromatic carbocycles. The molecule has 2 nitrogen and oxygen atoms in total. The number of nitrogens with two attached hydrogens (primary N) is 1. The molecule has 2 N–H and O–H groups in total. The molecule has 0 aliphatic carbocycles. The first-order valence-corrected chi connectivity index (χ1v) is 4.47. The van der Waals surface area contributed by atoms with Crippen LogP contribution >= 0.6 is 27.5 Å². The van der Waals surface area contributed by atoms with E-state index in [4.69, 9.17) is 17.3 Å². The van der Waals surface area contributed by atoms with Gasteiger partial charge >= 0.3 is 6.36 Å². The summed E-state index contributed by atoms with van der Waals surface area (Å²) in [5.41, 5.74) is 5.33. The van der Waals surface area contributed by atoms with Crippen LogP contribution < -0.4 is 10.5 Å². The lowest BCUT2D eigenvalue weighted by Gasteiger charge is -2.12. The topological polar surface area (TPSA) is 35.2 Å². The first-order chi connectivity index (χ1) is 6.31. The maximum atomic E-state index is 11.9. The minimum absolute atomic E-state index is 0.0223. The molecule has 0 fully saturated rings. The fraction of sp³-hybridized carbons (Fsp3) is 0.143. The van der Waals surface area contributed by atoms with Crippen molar-refractivity contribution in [3.05, 3.63) is 21.6 Å². The van der Waals surface area contributed by atoms with Crippen molar-refractivity contribution in [2.24, 2.45) is 0 Å². The van der Waals surface area contributed by atoms with Crippen LogP contribution in [0, 0.1) is 0 Å². The van der Waals surface area contributed by atoms with Gasteiger partial charge in [0, 0.05) is 0 Å². The second-order valence-corrected chi connectivity index (χ2v) is 3.56. The van der Waals surface area contributed by atoms with Gasteiger partial charge in [-0.15, -0.1) is 13.2 Å². The van der Waals surface area contributed by atoms with Gasteiger partial charge in [-0.05, 0) is 28.1 Å². The molecule has 0 saturated carbocycles. The highest BCUT2D eigenvalue weighted by Gasteiger charge is 2.33. The van der Waals surface area contributed by atoms with Gasteiger partial charge in [-0.2, -0.15) is 0 Å². The molecule has 1 rings (SSSR count). The Morgan fingerprint density at radius 1 is 1.36 bits per heavy atom. The van der Waals surface area contributed by atoms with Crippen molar-refractivity contribution < 1.29 is 17.9 Å². The number of anilines is 1. The Balaban J connectivity index is 3.13. The second kappa shape index (κ2) is 3.86. The molecule has 0 saturated heterocycles. The Morgan fingerprint density at radius 2 is 1.93 bits per heavy atom. The quantitative estimate of drug-likeness (QED) is 0.802. The highest BCUT2D eigenvalue weighted by Crippen LogP contribution is 2.39. The Hall–Kier alpha value is -0.620. The molecular weight excluding hydrogens is 286 g/mol. The monoisotopic (exact) mass is 289 g/mol. The standard InChI is InChI=1S/C7H4BrClF3NO/c8-3-1-2-4(13)5(9)6(3)14-7(10,11)12/h1-2H,13H2. The van der Waals surface area contributed by atoms with E-state index in [1.54, 1.807) is 0 Å². The van der Waals surface area contributed by atoms with Crippen LogP contribution in [0.25, 0.3) is 0 Å². The summed E-state index contributed by atoms with van der Waals surface area (Å²) in [6, 6.07) is 2.69. The number of rotatable bonds is 1. The molecule has 0 aliphatic rings. The number of nitrogen functional groups attached to an aromatic ring is 1. The Labute approximate surface area is 90.9 Å². The highest BCUT2D eigenvalue weighted by molar-refractivity contribution is 9.10. The average molecular weight is 290 g/mol. The predicted octanol–water partition coefficient (Wildman–Crippen LogP) is 3.58. The molecule has 0 bridgehead atoms. The fourth-order valence-electron chi connectivity index (χ4n) is 0.757. The first-order valence-electron chi connectivity index (χ1n) is 3.30. The van der Waals surface area contributed by atoms with E-state index in [1.807, 2.05) is 0 Å². The zero-order valence-electron chi connectivity index (χ0n) is 6.53. The van der Waals surface area contributed by atoms with E-state index in [0.717, 1.165) is 0 Å². The Bertz CT molecular complexity index is 356. The van der Waals surface area contributed by atoms with Crippen LogP contribution in [0.15, 0.2) is 16.6 Å². The van der Waals surface area contributed by atoms with E-state index in [9.17, 15) is 13.2 Å². The zero-order chi connectivity index (χ0) is 10.9. The minimum Gasteiger partial charge on any atom is -0.403 e. The summed E-state index contributed by atoms with van der Waals surface area (Å²) in [6.07, 6.45) is -4.79. The SMILES string of the molecule is Nc1ccc(Br)c(OC(F)(F)F)c1Cl. The van der Waals surface area contributed by atoms with E-state index in [-0.39, 0.29) is 15.2 Å². The summed E-state index contributed by atoms with van der Waals surface area (Å²) < 4.78 is 39.4. The predicted molar refractivity (Wildman–Crippen MR) is 50.2 cm³/mol. The van der Waals surface area contributed by atoms with Crippen LogP contribution in [0.5, 0.6) is 5.75 Å². The summed E-state index contributed by atoms with van der Waals surface area (Å²) in [5, 5.41) is -0.267. The van der Waals surface area contributed by atoms with E-state index in [0.29, 0.717) is 0 Å². The molecule has 0 spiro atoms. The second-order valence-electron chi connectivity index (χ2n) is 2.33. The third kappa shape index (κ3) is 2.68. The molecular formula is C7H4BrClF3NO. The van der Waals surface area contributed by atoms with E-state index in [1.165, 1.54) is 12.1 Å². The van der Waals surface area contributed by atoms with Gasteiger partial charge in [0.1, 0.15) is 5.02 Å². The van der Waals surface area contributed by atoms with Crippen LogP contribution in [0.1, 0.15) is 0 Å². The highest BCUT2D eigenvalue weighted by atomic mass is 79.9. The van der Waals surface area contributed by atoms with Gasteiger partial charge < -0.3 is 10.5 Å². The van der Waals surface area contributed by atoms with Crippen LogP contribution in [-0.4, -0.2) is 6.36 Å². The summed E-state index contributed by atoms with van der Waals surface area (Å²) in [6.45, 7) is 0. The van der Waals surface area contributed by atoms with E-state index < -0.39 is 12.1 Å². The summed E-state index contributed by atoms with van der Waals surface area (Å²) >= 11 is 8.39. The maximum absolute atomic E-state index is 11.9. The molecule has 78 valence electrons. The van der Waals surface area contributed by atoms with Gasteiger partial charge in [-0.3, -0.25) is 0 Å². The molecule has 0 aromatic heterocycles. The zero-order valence-corrected chi connectivity index (χ0v) is 8.87.